The minimum atomic E-state index is -0.116. The average molecular weight is 337 g/mol. The van der Waals surface area contributed by atoms with E-state index in [-0.39, 0.29) is 6.04 Å². The van der Waals surface area contributed by atoms with Crippen LogP contribution in [0.4, 0.5) is 11.8 Å². The second kappa shape index (κ2) is 6.68. The van der Waals surface area contributed by atoms with Crippen molar-refractivity contribution in [2.24, 2.45) is 12.8 Å². The molecule has 7 nitrogen and oxygen atoms in total. The highest BCUT2D eigenvalue weighted by Crippen LogP contribution is 2.27. The SMILES string of the molecule is Cn1ncc2c(NC3CCC3)nc(NC[C@H](N)c3ccccc3)nc21. The van der Waals surface area contributed by atoms with E-state index in [0.717, 1.165) is 22.4 Å². The predicted octanol–water partition coefficient (Wildman–Crippen LogP) is 2.44. The van der Waals surface area contributed by atoms with Gasteiger partial charge in [-0.05, 0) is 24.8 Å². The van der Waals surface area contributed by atoms with E-state index in [2.05, 4.69) is 25.7 Å². The summed E-state index contributed by atoms with van der Waals surface area (Å²) in [6.45, 7) is 0.566. The van der Waals surface area contributed by atoms with E-state index in [9.17, 15) is 0 Å². The number of nitrogens with two attached hydrogens (primary N) is 1. The monoisotopic (exact) mass is 337 g/mol. The molecule has 0 amide bonds. The molecule has 25 heavy (non-hydrogen) atoms. The van der Waals surface area contributed by atoms with Gasteiger partial charge in [-0.3, -0.25) is 4.68 Å². The van der Waals surface area contributed by atoms with Crippen molar-refractivity contribution in [1.82, 2.24) is 19.7 Å². The molecule has 0 spiro atoms. The van der Waals surface area contributed by atoms with Crippen molar-refractivity contribution in [3.63, 3.8) is 0 Å². The number of benzene rings is 1. The first-order chi connectivity index (χ1) is 12.2. The number of hydrogen-bond acceptors (Lipinski definition) is 6. The van der Waals surface area contributed by atoms with Crippen molar-refractivity contribution in [2.75, 3.05) is 17.2 Å². The molecule has 1 aliphatic rings. The lowest BCUT2D eigenvalue weighted by atomic mass is 9.93. The fraction of sp³-hybridized carbons (Fsp3) is 0.389. The topological polar surface area (TPSA) is 93.7 Å². The Morgan fingerprint density at radius 1 is 1.24 bits per heavy atom. The number of aromatic nitrogens is 4. The first kappa shape index (κ1) is 15.8. The molecular formula is C18H23N7. The quantitative estimate of drug-likeness (QED) is 0.640. The second-order valence-electron chi connectivity index (χ2n) is 6.57. The summed E-state index contributed by atoms with van der Waals surface area (Å²) in [6, 6.07) is 10.4. The summed E-state index contributed by atoms with van der Waals surface area (Å²) in [6.07, 6.45) is 5.46. The van der Waals surface area contributed by atoms with Crippen molar-refractivity contribution >= 4 is 22.8 Å². The normalized spacial score (nSPS) is 15.8. The van der Waals surface area contributed by atoms with Crippen LogP contribution in [0, 0.1) is 0 Å². The smallest absolute Gasteiger partial charge is 0.226 e. The third kappa shape index (κ3) is 3.28. The molecule has 1 fully saturated rings. The van der Waals surface area contributed by atoms with E-state index in [4.69, 9.17) is 5.73 Å². The van der Waals surface area contributed by atoms with Crippen molar-refractivity contribution in [3.8, 4) is 0 Å². The Bertz CT molecular complexity index is 854. The third-order valence-electron chi connectivity index (χ3n) is 4.75. The molecule has 1 saturated carbocycles. The molecule has 1 aliphatic carbocycles. The maximum Gasteiger partial charge on any atom is 0.226 e. The number of anilines is 2. The van der Waals surface area contributed by atoms with Gasteiger partial charge in [0.05, 0.1) is 11.6 Å². The van der Waals surface area contributed by atoms with Crippen LogP contribution in [0.25, 0.3) is 11.0 Å². The molecule has 2 heterocycles. The molecule has 2 aromatic heterocycles. The lowest BCUT2D eigenvalue weighted by molar-refractivity contribution is 0.445. The van der Waals surface area contributed by atoms with E-state index < -0.39 is 0 Å². The Hall–Kier alpha value is -2.67. The Balaban J connectivity index is 1.55. The van der Waals surface area contributed by atoms with Crippen molar-refractivity contribution in [2.45, 2.75) is 31.3 Å². The number of nitrogens with one attached hydrogen (secondary N) is 2. The fourth-order valence-electron chi connectivity index (χ4n) is 2.98. The van der Waals surface area contributed by atoms with Crippen molar-refractivity contribution in [1.29, 1.82) is 0 Å². The first-order valence-corrected chi connectivity index (χ1v) is 8.71. The summed E-state index contributed by atoms with van der Waals surface area (Å²) < 4.78 is 1.77. The van der Waals surface area contributed by atoms with Gasteiger partial charge < -0.3 is 16.4 Å². The maximum absolute atomic E-state index is 6.26. The van der Waals surface area contributed by atoms with E-state index in [1.807, 2.05) is 43.6 Å². The molecule has 3 aromatic rings. The first-order valence-electron chi connectivity index (χ1n) is 8.71. The van der Waals surface area contributed by atoms with Crippen LogP contribution in [0.15, 0.2) is 36.5 Å². The van der Waals surface area contributed by atoms with Gasteiger partial charge in [0.15, 0.2) is 5.65 Å². The van der Waals surface area contributed by atoms with E-state index >= 15 is 0 Å². The Morgan fingerprint density at radius 2 is 2.04 bits per heavy atom. The van der Waals surface area contributed by atoms with Crippen LogP contribution in [0.2, 0.25) is 0 Å². The molecule has 0 bridgehead atoms. The van der Waals surface area contributed by atoms with Crippen molar-refractivity contribution < 1.29 is 0 Å². The van der Waals surface area contributed by atoms with Gasteiger partial charge in [0.2, 0.25) is 5.95 Å². The summed E-state index contributed by atoms with van der Waals surface area (Å²) >= 11 is 0. The molecule has 4 N–H and O–H groups in total. The predicted molar refractivity (Wildman–Crippen MR) is 99.4 cm³/mol. The number of nitrogens with zero attached hydrogens (tertiary/aromatic N) is 4. The molecule has 1 atom stereocenters. The summed E-state index contributed by atoms with van der Waals surface area (Å²) in [4.78, 5) is 9.25. The molecule has 4 rings (SSSR count). The maximum atomic E-state index is 6.26. The van der Waals surface area contributed by atoms with Crippen LogP contribution in [0.1, 0.15) is 30.9 Å². The average Bonchev–Trinajstić information content (AvgIpc) is 2.98. The molecule has 0 aliphatic heterocycles. The van der Waals surface area contributed by atoms with Gasteiger partial charge >= 0.3 is 0 Å². The lowest BCUT2D eigenvalue weighted by Gasteiger charge is -2.27. The van der Waals surface area contributed by atoms with Crippen molar-refractivity contribution in [3.05, 3.63) is 42.1 Å². The zero-order valence-corrected chi connectivity index (χ0v) is 14.3. The third-order valence-corrected chi connectivity index (χ3v) is 4.75. The van der Waals surface area contributed by atoms with E-state index in [1.54, 1.807) is 4.68 Å². The molecule has 0 unspecified atom stereocenters. The molecule has 130 valence electrons. The molecule has 0 radical (unpaired) electrons. The second-order valence-corrected chi connectivity index (χ2v) is 6.57. The lowest BCUT2D eigenvalue weighted by Crippen LogP contribution is -2.28. The highest BCUT2D eigenvalue weighted by Gasteiger charge is 2.20. The van der Waals surface area contributed by atoms with E-state index in [0.29, 0.717) is 18.5 Å². The van der Waals surface area contributed by atoms with Gasteiger partial charge in [0.1, 0.15) is 5.82 Å². The van der Waals surface area contributed by atoms with Gasteiger partial charge in [-0.2, -0.15) is 15.1 Å². The largest absolute Gasteiger partial charge is 0.367 e. The van der Waals surface area contributed by atoms with Gasteiger partial charge in [0.25, 0.3) is 0 Å². The van der Waals surface area contributed by atoms with Gasteiger partial charge in [-0.1, -0.05) is 30.3 Å². The molecule has 7 heteroatoms. The van der Waals surface area contributed by atoms with Gasteiger partial charge in [-0.15, -0.1) is 0 Å². The van der Waals surface area contributed by atoms with Crippen LogP contribution in [0.5, 0.6) is 0 Å². The number of hydrogen-bond donors (Lipinski definition) is 3. The van der Waals surface area contributed by atoms with Gasteiger partial charge in [0, 0.05) is 25.7 Å². The molecule has 1 aromatic carbocycles. The fourth-order valence-corrected chi connectivity index (χ4v) is 2.98. The zero-order valence-electron chi connectivity index (χ0n) is 14.3. The summed E-state index contributed by atoms with van der Waals surface area (Å²) in [5.41, 5.74) is 8.16. The standard InChI is InChI=1S/C18H23N7/c1-25-17-14(10-21-25)16(22-13-8-5-9-13)23-18(24-17)20-11-15(19)12-6-3-2-4-7-12/h2-4,6-7,10,13,15H,5,8-9,11,19H2,1H3,(H2,20,22,23,24)/t15-/m0/s1. The molecular weight excluding hydrogens is 314 g/mol. The Labute approximate surface area is 146 Å². The molecule has 0 saturated heterocycles. The highest BCUT2D eigenvalue weighted by atomic mass is 15.3. The minimum Gasteiger partial charge on any atom is -0.367 e. The van der Waals surface area contributed by atoms with Gasteiger partial charge in [-0.25, -0.2) is 0 Å². The van der Waals surface area contributed by atoms with E-state index in [1.165, 1.54) is 19.3 Å². The van der Waals surface area contributed by atoms with Crippen LogP contribution < -0.4 is 16.4 Å². The van der Waals surface area contributed by atoms with Crippen LogP contribution in [-0.4, -0.2) is 32.3 Å². The van der Waals surface area contributed by atoms with Crippen LogP contribution in [-0.2, 0) is 7.05 Å². The Kier molecular flexibility index (Phi) is 4.23. The Morgan fingerprint density at radius 3 is 2.76 bits per heavy atom. The summed E-state index contributed by atoms with van der Waals surface area (Å²) in [5.74, 6) is 1.42. The van der Waals surface area contributed by atoms with Crippen LogP contribution >= 0.6 is 0 Å². The summed E-state index contributed by atoms with van der Waals surface area (Å²) in [5, 5.41) is 12.1. The van der Waals surface area contributed by atoms with Crippen LogP contribution in [0.3, 0.4) is 0 Å². The number of rotatable bonds is 6. The number of fused-ring (bicyclic) bond motifs is 1. The minimum absolute atomic E-state index is 0.116. The zero-order chi connectivity index (χ0) is 17.2. The number of aryl methyl sites for hydroxylation is 1. The summed E-state index contributed by atoms with van der Waals surface area (Å²) in [7, 11) is 1.89. The highest BCUT2D eigenvalue weighted by molar-refractivity contribution is 5.87.